The Morgan fingerprint density at radius 3 is 2.44 bits per heavy atom. The molecule has 0 aliphatic rings. The summed E-state index contributed by atoms with van der Waals surface area (Å²) in [6.07, 6.45) is 1.48. The van der Waals surface area contributed by atoms with Crippen LogP contribution in [-0.4, -0.2) is 18.1 Å². The largest absolute Gasteiger partial charge is 0.427 e. The number of hydrogen-bond donors (Lipinski definition) is 2. The highest BCUT2D eigenvalue weighted by molar-refractivity contribution is 5.81. The van der Waals surface area contributed by atoms with Gasteiger partial charge in [0.05, 0.1) is 6.21 Å². The van der Waals surface area contributed by atoms with Crippen LogP contribution in [0.1, 0.15) is 12.5 Å². The van der Waals surface area contributed by atoms with Gasteiger partial charge in [-0.25, -0.2) is 0 Å². The van der Waals surface area contributed by atoms with Crippen molar-refractivity contribution < 1.29 is 9.53 Å². The number of rotatable bonds is 3. The van der Waals surface area contributed by atoms with E-state index in [1.807, 2.05) is 0 Å². The monoisotopic (exact) mass is 220 g/mol. The third-order valence-corrected chi connectivity index (χ3v) is 1.52. The van der Waals surface area contributed by atoms with Gasteiger partial charge in [-0.1, -0.05) is 0 Å². The molecule has 0 spiro atoms. The predicted molar refractivity (Wildman–Crippen MR) is 61.2 cm³/mol. The van der Waals surface area contributed by atoms with E-state index < -0.39 is 0 Å². The molecule has 0 aliphatic heterocycles. The van der Waals surface area contributed by atoms with E-state index in [0.29, 0.717) is 5.75 Å². The fourth-order valence-corrected chi connectivity index (χ4v) is 0.950. The zero-order valence-corrected chi connectivity index (χ0v) is 8.75. The van der Waals surface area contributed by atoms with Crippen LogP contribution in [0.4, 0.5) is 0 Å². The molecule has 0 fully saturated rings. The third kappa shape index (κ3) is 4.23. The summed E-state index contributed by atoms with van der Waals surface area (Å²) in [5, 5.41) is 7.08. The Hall–Kier alpha value is -2.37. The number of esters is 1. The average Bonchev–Trinajstić information content (AvgIpc) is 2.19. The lowest BCUT2D eigenvalue weighted by Crippen LogP contribution is -2.21. The van der Waals surface area contributed by atoms with E-state index in [9.17, 15) is 4.79 Å². The van der Waals surface area contributed by atoms with Crippen LogP contribution in [0.2, 0.25) is 0 Å². The molecule has 0 bridgehead atoms. The van der Waals surface area contributed by atoms with Crippen molar-refractivity contribution in [2.24, 2.45) is 21.7 Å². The summed E-state index contributed by atoms with van der Waals surface area (Å²) >= 11 is 0. The molecule has 1 rings (SSSR count). The number of benzene rings is 1. The van der Waals surface area contributed by atoms with Gasteiger partial charge in [0.2, 0.25) is 5.96 Å². The Morgan fingerprint density at radius 1 is 1.31 bits per heavy atom. The maximum atomic E-state index is 10.7. The van der Waals surface area contributed by atoms with E-state index >= 15 is 0 Å². The lowest BCUT2D eigenvalue weighted by atomic mass is 10.2. The van der Waals surface area contributed by atoms with Gasteiger partial charge in [0, 0.05) is 6.92 Å². The summed E-state index contributed by atoms with van der Waals surface area (Å²) in [5.74, 6) is 0.0150. The molecule has 0 amide bonds. The molecule has 16 heavy (non-hydrogen) atoms. The topological polar surface area (TPSA) is 103 Å². The fraction of sp³-hybridized carbons (Fsp3) is 0.100. The van der Waals surface area contributed by atoms with Crippen LogP contribution >= 0.6 is 0 Å². The van der Waals surface area contributed by atoms with Crippen LogP contribution in [0.25, 0.3) is 0 Å². The first-order chi connectivity index (χ1) is 7.58. The number of carbonyl (C=O) groups is 1. The number of ether oxygens (including phenoxy) is 1. The van der Waals surface area contributed by atoms with Crippen molar-refractivity contribution in [1.82, 2.24) is 0 Å². The molecule has 4 N–H and O–H groups in total. The quantitative estimate of drug-likeness (QED) is 0.250. The molecule has 1 aromatic carbocycles. The smallest absolute Gasteiger partial charge is 0.308 e. The summed E-state index contributed by atoms with van der Waals surface area (Å²) < 4.78 is 4.86. The van der Waals surface area contributed by atoms with Crippen molar-refractivity contribution in [2.45, 2.75) is 6.92 Å². The first-order valence-corrected chi connectivity index (χ1v) is 4.48. The second-order valence-electron chi connectivity index (χ2n) is 2.93. The van der Waals surface area contributed by atoms with Crippen molar-refractivity contribution in [3.05, 3.63) is 29.8 Å². The molecule has 0 atom stereocenters. The van der Waals surface area contributed by atoms with E-state index in [0.717, 1.165) is 5.56 Å². The Bertz CT molecular complexity index is 419. The maximum absolute atomic E-state index is 10.7. The third-order valence-electron chi connectivity index (χ3n) is 1.52. The van der Waals surface area contributed by atoms with Gasteiger partial charge in [-0.2, -0.15) is 5.10 Å². The number of nitrogens with zero attached hydrogens (tertiary/aromatic N) is 2. The second-order valence-corrected chi connectivity index (χ2v) is 2.93. The standard InChI is InChI=1S/C10H12N4O2/c1-7(15)16-9-4-2-8(3-5-9)6-13-14-10(11)12/h2-6H,1H3,(H4,11,12,14). The van der Waals surface area contributed by atoms with Gasteiger partial charge in [0.15, 0.2) is 0 Å². The molecule has 0 aliphatic carbocycles. The van der Waals surface area contributed by atoms with Crippen LogP contribution < -0.4 is 16.2 Å². The minimum atomic E-state index is -0.359. The minimum absolute atomic E-state index is 0.104. The molecule has 0 radical (unpaired) electrons. The number of hydrogen-bond acceptors (Lipinski definition) is 4. The molecule has 6 nitrogen and oxygen atoms in total. The van der Waals surface area contributed by atoms with E-state index in [1.165, 1.54) is 13.1 Å². The molecule has 0 saturated heterocycles. The SMILES string of the molecule is CC(=O)Oc1ccc(C=NN=C(N)N)cc1. The first kappa shape index (κ1) is 11.7. The van der Waals surface area contributed by atoms with Gasteiger partial charge in [0.1, 0.15) is 5.75 Å². The maximum Gasteiger partial charge on any atom is 0.308 e. The first-order valence-electron chi connectivity index (χ1n) is 4.48. The minimum Gasteiger partial charge on any atom is -0.427 e. The number of guanidine groups is 1. The lowest BCUT2D eigenvalue weighted by Gasteiger charge is -2.00. The predicted octanol–water partition coefficient (Wildman–Crippen LogP) is 0.219. The second kappa shape index (κ2) is 5.50. The highest BCUT2D eigenvalue weighted by Gasteiger charge is 1.96. The molecule has 1 aromatic rings. The van der Waals surface area contributed by atoms with Gasteiger partial charge in [0.25, 0.3) is 0 Å². The lowest BCUT2D eigenvalue weighted by molar-refractivity contribution is -0.131. The Kier molecular flexibility index (Phi) is 4.02. The van der Waals surface area contributed by atoms with Crippen molar-refractivity contribution in [2.75, 3.05) is 0 Å². The van der Waals surface area contributed by atoms with Gasteiger partial charge >= 0.3 is 5.97 Å². The van der Waals surface area contributed by atoms with Gasteiger partial charge in [-0.3, -0.25) is 4.79 Å². The Balaban J connectivity index is 2.68. The molecular weight excluding hydrogens is 208 g/mol. The highest BCUT2D eigenvalue weighted by Crippen LogP contribution is 2.11. The van der Waals surface area contributed by atoms with E-state index in [1.54, 1.807) is 24.3 Å². The van der Waals surface area contributed by atoms with Gasteiger partial charge in [-0.05, 0) is 29.8 Å². The summed E-state index contributed by atoms with van der Waals surface area (Å²) in [7, 11) is 0. The highest BCUT2D eigenvalue weighted by atomic mass is 16.5. The summed E-state index contributed by atoms with van der Waals surface area (Å²) in [6, 6.07) is 6.75. The van der Waals surface area contributed by atoms with Crippen LogP contribution in [0, 0.1) is 0 Å². The zero-order valence-electron chi connectivity index (χ0n) is 8.75. The van der Waals surface area contributed by atoms with Crippen molar-refractivity contribution in [3.63, 3.8) is 0 Å². The molecule has 0 aromatic heterocycles. The molecule has 0 heterocycles. The van der Waals surface area contributed by atoms with Crippen LogP contribution in [-0.2, 0) is 4.79 Å². The van der Waals surface area contributed by atoms with Crippen LogP contribution in [0.5, 0.6) is 5.75 Å². The summed E-state index contributed by atoms with van der Waals surface area (Å²) in [4.78, 5) is 10.7. The zero-order chi connectivity index (χ0) is 12.0. The van der Waals surface area contributed by atoms with E-state index in [-0.39, 0.29) is 11.9 Å². The number of carbonyl (C=O) groups excluding carboxylic acids is 1. The van der Waals surface area contributed by atoms with Gasteiger partial charge < -0.3 is 16.2 Å². The van der Waals surface area contributed by atoms with Crippen molar-refractivity contribution in [1.29, 1.82) is 0 Å². The fourth-order valence-electron chi connectivity index (χ4n) is 0.950. The Morgan fingerprint density at radius 2 is 1.94 bits per heavy atom. The normalized spacial score (nSPS) is 10.1. The average molecular weight is 220 g/mol. The molecule has 84 valence electrons. The van der Waals surface area contributed by atoms with Crippen molar-refractivity contribution >= 4 is 18.1 Å². The summed E-state index contributed by atoms with van der Waals surface area (Å²) in [6.45, 7) is 1.34. The number of nitrogens with two attached hydrogens (primary N) is 2. The Labute approximate surface area is 92.6 Å². The van der Waals surface area contributed by atoms with Crippen LogP contribution in [0.3, 0.4) is 0 Å². The van der Waals surface area contributed by atoms with Gasteiger partial charge in [-0.15, -0.1) is 5.10 Å². The van der Waals surface area contributed by atoms with Crippen molar-refractivity contribution in [3.8, 4) is 5.75 Å². The molecule has 6 heteroatoms. The molecular formula is C10H12N4O2. The van der Waals surface area contributed by atoms with Crippen LogP contribution in [0.15, 0.2) is 34.5 Å². The van der Waals surface area contributed by atoms with E-state index in [4.69, 9.17) is 16.2 Å². The molecule has 0 unspecified atom stereocenters. The van der Waals surface area contributed by atoms with E-state index in [2.05, 4.69) is 10.2 Å². The summed E-state index contributed by atoms with van der Waals surface area (Å²) in [5.41, 5.74) is 11.0. The molecule has 0 saturated carbocycles.